The molecule has 2 aliphatic rings. The van der Waals surface area contributed by atoms with E-state index in [1.54, 1.807) is 16.7 Å². The van der Waals surface area contributed by atoms with Crippen molar-refractivity contribution in [2.45, 2.75) is 25.8 Å². The Labute approximate surface area is 189 Å². The van der Waals surface area contributed by atoms with Crippen LogP contribution in [0.5, 0.6) is 0 Å². The zero-order valence-corrected chi connectivity index (χ0v) is 18.1. The first-order valence-corrected chi connectivity index (χ1v) is 11.4. The molecule has 0 unspecified atom stereocenters. The van der Waals surface area contributed by atoms with Gasteiger partial charge in [0.25, 0.3) is 0 Å². The van der Waals surface area contributed by atoms with Crippen molar-refractivity contribution >= 4 is 16.8 Å². The van der Waals surface area contributed by atoms with Crippen molar-refractivity contribution in [2.24, 2.45) is 11.8 Å². The maximum Gasteiger partial charge on any atom is 0.343 e. The highest BCUT2D eigenvalue weighted by atomic mass is 19.1. The van der Waals surface area contributed by atoms with Crippen LogP contribution in [0.1, 0.15) is 19.3 Å². The van der Waals surface area contributed by atoms with E-state index in [2.05, 4.69) is 15.2 Å². The van der Waals surface area contributed by atoms with Crippen LogP contribution < -0.4 is 5.69 Å². The topological polar surface area (TPSA) is 86.8 Å². The van der Waals surface area contributed by atoms with E-state index < -0.39 is 0 Å². The first-order valence-electron chi connectivity index (χ1n) is 11.4. The van der Waals surface area contributed by atoms with Gasteiger partial charge in [0, 0.05) is 48.4 Å². The van der Waals surface area contributed by atoms with Crippen LogP contribution in [0.4, 0.5) is 4.39 Å². The van der Waals surface area contributed by atoms with Gasteiger partial charge >= 0.3 is 5.69 Å². The second-order valence-corrected chi connectivity index (χ2v) is 9.15. The Morgan fingerprint density at radius 1 is 1.09 bits per heavy atom. The molecule has 1 saturated heterocycles. The van der Waals surface area contributed by atoms with Crippen LogP contribution in [0.2, 0.25) is 0 Å². The molecule has 168 valence electrons. The average molecular weight is 445 g/mol. The Balaban J connectivity index is 1.25. The molecule has 0 bridgehead atoms. The molecule has 1 saturated carbocycles. The minimum atomic E-state index is -0.369. The lowest BCUT2D eigenvalue weighted by molar-refractivity contribution is -0.131. The highest BCUT2D eigenvalue weighted by Crippen LogP contribution is 2.33. The van der Waals surface area contributed by atoms with E-state index in [-0.39, 0.29) is 29.2 Å². The number of carbonyl (C=O) groups is 1. The van der Waals surface area contributed by atoms with E-state index in [1.165, 1.54) is 6.07 Å². The molecule has 1 atom stereocenters. The number of carbonyl (C=O) groups excluding carboxylic acids is 1. The Hall–Kier alpha value is -3.68. The van der Waals surface area contributed by atoms with Crippen LogP contribution in [-0.2, 0) is 11.3 Å². The van der Waals surface area contributed by atoms with Crippen molar-refractivity contribution in [3.8, 4) is 22.5 Å². The molecule has 1 amide bonds. The fourth-order valence-electron chi connectivity index (χ4n) is 4.85. The number of fused-ring (bicyclic) bond motifs is 1. The van der Waals surface area contributed by atoms with Gasteiger partial charge in [0.05, 0.1) is 0 Å². The summed E-state index contributed by atoms with van der Waals surface area (Å²) in [7, 11) is 0. The first kappa shape index (κ1) is 20.0. The van der Waals surface area contributed by atoms with Crippen molar-refractivity contribution in [3.63, 3.8) is 0 Å². The first-order chi connectivity index (χ1) is 16.1. The number of H-pyrrole nitrogens is 2. The molecule has 3 heterocycles. The molecule has 1 aliphatic carbocycles. The molecule has 1 aliphatic heterocycles. The number of nitrogens with one attached hydrogen (secondary N) is 2. The molecule has 2 aromatic heterocycles. The van der Waals surface area contributed by atoms with Gasteiger partial charge in [-0.3, -0.25) is 9.36 Å². The summed E-state index contributed by atoms with van der Waals surface area (Å²) in [5, 5.41) is 7.69. The van der Waals surface area contributed by atoms with E-state index in [0.29, 0.717) is 30.0 Å². The van der Waals surface area contributed by atoms with E-state index in [4.69, 9.17) is 0 Å². The second kappa shape index (κ2) is 7.72. The van der Waals surface area contributed by atoms with Crippen LogP contribution in [0.15, 0.2) is 53.5 Å². The Kier molecular flexibility index (Phi) is 4.67. The van der Waals surface area contributed by atoms with Crippen LogP contribution >= 0.6 is 0 Å². The maximum atomic E-state index is 15.1. The van der Waals surface area contributed by atoms with E-state index in [1.807, 2.05) is 35.4 Å². The van der Waals surface area contributed by atoms with Crippen LogP contribution in [0, 0.1) is 17.7 Å². The summed E-state index contributed by atoms with van der Waals surface area (Å²) in [6, 6.07) is 12.7. The number of amides is 1. The van der Waals surface area contributed by atoms with Gasteiger partial charge in [-0.05, 0) is 60.4 Å². The van der Waals surface area contributed by atoms with Crippen molar-refractivity contribution in [2.75, 3.05) is 13.1 Å². The van der Waals surface area contributed by atoms with Gasteiger partial charge in [0.15, 0.2) is 5.82 Å². The lowest BCUT2D eigenvalue weighted by Gasteiger charge is -2.16. The number of aromatic amines is 2. The highest BCUT2D eigenvalue weighted by molar-refractivity contribution is 5.85. The summed E-state index contributed by atoms with van der Waals surface area (Å²) in [6.45, 7) is 1.84. The molecule has 33 heavy (non-hydrogen) atoms. The number of benzene rings is 2. The zero-order valence-electron chi connectivity index (χ0n) is 18.1. The van der Waals surface area contributed by atoms with Gasteiger partial charge in [-0.25, -0.2) is 14.3 Å². The predicted molar refractivity (Wildman–Crippen MR) is 123 cm³/mol. The maximum absolute atomic E-state index is 15.1. The second-order valence-electron chi connectivity index (χ2n) is 9.15. The average Bonchev–Trinajstić information content (AvgIpc) is 3.21. The van der Waals surface area contributed by atoms with E-state index in [9.17, 15) is 9.59 Å². The summed E-state index contributed by atoms with van der Waals surface area (Å²) < 4.78 is 16.7. The molecular weight excluding hydrogens is 421 g/mol. The summed E-state index contributed by atoms with van der Waals surface area (Å²) >= 11 is 0. The summed E-state index contributed by atoms with van der Waals surface area (Å²) in [4.78, 5) is 29.9. The number of halogens is 1. The number of nitrogens with zero attached hydrogens (tertiary/aromatic N) is 3. The Bertz CT molecular complexity index is 1410. The Morgan fingerprint density at radius 3 is 2.76 bits per heavy atom. The highest BCUT2D eigenvalue weighted by Gasteiger charge is 2.36. The number of hydrogen-bond acceptors (Lipinski definition) is 3. The van der Waals surface area contributed by atoms with Gasteiger partial charge in [-0.1, -0.05) is 18.2 Å². The smallest absolute Gasteiger partial charge is 0.343 e. The fourth-order valence-corrected chi connectivity index (χ4v) is 4.85. The fraction of sp³-hybridized carbons (Fsp3) is 0.320. The molecular formula is C25H24FN5O2. The molecule has 4 aromatic rings. The van der Waals surface area contributed by atoms with Gasteiger partial charge < -0.3 is 9.88 Å². The largest absolute Gasteiger partial charge is 0.361 e. The number of hydrogen-bond donors (Lipinski definition) is 2. The number of likely N-dealkylation sites (tertiary alicyclic amines) is 1. The summed E-state index contributed by atoms with van der Waals surface area (Å²) in [5.74, 6) is 0.673. The van der Waals surface area contributed by atoms with E-state index in [0.717, 1.165) is 42.3 Å². The molecule has 8 heteroatoms. The third-order valence-electron chi connectivity index (χ3n) is 6.81. The minimum absolute atomic E-state index is 0.180. The summed E-state index contributed by atoms with van der Waals surface area (Å²) in [6.07, 6.45) is 4.69. The molecule has 2 aromatic carbocycles. The normalized spacial score (nSPS) is 18.3. The monoisotopic (exact) mass is 445 g/mol. The van der Waals surface area contributed by atoms with Gasteiger partial charge in [0.1, 0.15) is 5.82 Å². The zero-order chi connectivity index (χ0) is 22.5. The lowest BCUT2D eigenvalue weighted by Crippen LogP contribution is -2.31. The van der Waals surface area contributed by atoms with Crippen LogP contribution in [0.25, 0.3) is 33.4 Å². The molecule has 2 fully saturated rings. The number of rotatable bonds is 5. The summed E-state index contributed by atoms with van der Waals surface area (Å²) in [5.41, 5.74) is 2.51. The minimum Gasteiger partial charge on any atom is -0.361 e. The van der Waals surface area contributed by atoms with Crippen molar-refractivity contribution in [3.05, 3.63) is 65.0 Å². The van der Waals surface area contributed by atoms with Gasteiger partial charge in [0.2, 0.25) is 5.91 Å². The van der Waals surface area contributed by atoms with Gasteiger partial charge in [-0.15, -0.1) is 0 Å². The van der Waals surface area contributed by atoms with Crippen molar-refractivity contribution < 1.29 is 9.18 Å². The third kappa shape index (κ3) is 3.65. The van der Waals surface area contributed by atoms with Crippen LogP contribution in [0.3, 0.4) is 0 Å². The van der Waals surface area contributed by atoms with Gasteiger partial charge in [-0.2, -0.15) is 5.10 Å². The lowest BCUT2D eigenvalue weighted by atomic mass is 10.0. The molecule has 2 N–H and O–H groups in total. The van der Waals surface area contributed by atoms with Crippen molar-refractivity contribution in [1.82, 2.24) is 24.6 Å². The third-order valence-corrected chi connectivity index (χ3v) is 6.81. The SMILES string of the molecule is O=C(C1CC1)N1CC[C@@H](Cn2c(-c3ccc(-c4ccc5[nH]ccc5c4)c(F)c3)n[nH]c2=O)C1. The predicted octanol–water partition coefficient (Wildman–Crippen LogP) is 3.78. The van der Waals surface area contributed by atoms with Crippen molar-refractivity contribution in [1.29, 1.82) is 0 Å². The van der Waals surface area contributed by atoms with E-state index >= 15 is 4.39 Å². The molecule has 6 rings (SSSR count). The molecule has 0 spiro atoms. The van der Waals surface area contributed by atoms with Crippen LogP contribution in [-0.4, -0.2) is 43.6 Å². The number of aromatic nitrogens is 4. The molecule has 0 radical (unpaired) electrons. The standard InChI is InChI=1S/C25H24FN5O2/c26-21-12-19(3-5-20(21)17-4-6-22-18(11-17)7-9-27-22)23-28-29-25(33)31(23)14-15-8-10-30(13-15)24(32)16-1-2-16/h3-7,9,11-12,15-16,27H,1-2,8,10,13-14H2,(H,29,33)/t15-/m1/s1. The molecule has 7 nitrogen and oxygen atoms in total. The quantitative estimate of drug-likeness (QED) is 0.490. The Morgan fingerprint density at radius 2 is 1.94 bits per heavy atom.